The maximum absolute atomic E-state index is 10.1. The molecule has 0 bridgehead atoms. The molecule has 0 rings (SSSR count). The van der Waals surface area contributed by atoms with Gasteiger partial charge in [0, 0.05) is 6.08 Å². The topological polar surface area (TPSA) is 37.3 Å². The Hall–Kier alpha value is -1.05. The van der Waals surface area contributed by atoms with E-state index in [1.54, 1.807) is 6.08 Å². The fourth-order valence-corrected chi connectivity index (χ4v) is 0.525. The Labute approximate surface area is 73.6 Å². The molecule has 0 aromatic rings. The van der Waals surface area contributed by atoms with Crippen molar-refractivity contribution in [2.75, 3.05) is 0 Å². The standard InChI is InChI=1S/C10H16O2/c1-8(10(2,3)4)6-5-7-9(11)12/h5-7H,1-4H3,(H,11,12)/b7-5+,8-6+. The molecule has 0 radical (unpaired) electrons. The molecule has 0 aliphatic heterocycles. The van der Waals surface area contributed by atoms with Crippen LogP contribution in [0.4, 0.5) is 0 Å². The van der Waals surface area contributed by atoms with Crippen molar-refractivity contribution < 1.29 is 9.90 Å². The molecule has 0 fully saturated rings. The summed E-state index contributed by atoms with van der Waals surface area (Å²) in [6.07, 6.45) is 4.52. The van der Waals surface area contributed by atoms with Crippen LogP contribution in [0.3, 0.4) is 0 Å². The number of hydrogen-bond acceptors (Lipinski definition) is 1. The molecular formula is C10H16O2. The molecule has 0 aromatic carbocycles. The normalized spacial score (nSPS) is 13.8. The first-order valence-electron chi connectivity index (χ1n) is 3.92. The summed E-state index contributed by atoms with van der Waals surface area (Å²) in [7, 11) is 0. The zero-order chi connectivity index (χ0) is 9.78. The van der Waals surface area contributed by atoms with Crippen LogP contribution in [0.25, 0.3) is 0 Å². The first-order valence-corrected chi connectivity index (χ1v) is 3.92. The molecule has 2 heteroatoms. The summed E-state index contributed by atoms with van der Waals surface area (Å²) >= 11 is 0. The van der Waals surface area contributed by atoms with E-state index in [0.29, 0.717) is 0 Å². The van der Waals surface area contributed by atoms with Crippen molar-refractivity contribution in [1.82, 2.24) is 0 Å². The predicted molar refractivity (Wildman–Crippen MR) is 50.0 cm³/mol. The van der Waals surface area contributed by atoms with Crippen LogP contribution < -0.4 is 0 Å². The molecule has 0 unspecified atom stereocenters. The zero-order valence-electron chi connectivity index (χ0n) is 8.09. The fraction of sp³-hybridized carbons (Fsp3) is 0.500. The maximum Gasteiger partial charge on any atom is 0.328 e. The highest BCUT2D eigenvalue weighted by Crippen LogP contribution is 2.23. The maximum atomic E-state index is 10.1. The van der Waals surface area contributed by atoms with Crippen molar-refractivity contribution in [3.05, 3.63) is 23.8 Å². The lowest BCUT2D eigenvalue weighted by atomic mass is 9.87. The molecular weight excluding hydrogens is 152 g/mol. The second kappa shape index (κ2) is 4.10. The van der Waals surface area contributed by atoms with Gasteiger partial charge in [-0.05, 0) is 12.3 Å². The van der Waals surface area contributed by atoms with Crippen molar-refractivity contribution in [3.63, 3.8) is 0 Å². The van der Waals surface area contributed by atoms with E-state index in [1.807, 2.05) is 13.0 Å². The van der Waals surface area contributed by atoms with Gasteiger partial charge in [0.25, 0.3) is 0 Å². The molecule has 68 valence electrons. The largest absolute Gasteiger partial charge is 0.478 e. The van der Waals surface area contributed by atoms with Crippen LogP contribution in [-0.4, -0.2) is 11.1 Å². The minimum absolute atomic E-state index is 0.114. The van der Waals surface area contributed by atoms with Gasteiger partial charge >= 0.3 is 5.97 Å². The first-order chi connectivity index (χ1) is 5.34. The summed E-state index contributed by atoms with van der Waals surface area (Å²) < 4.78 is 0. The number of carboxylic acids is 1. The Kier molecular flexibility index (Phi) is 3.74. The van der Waals surface area contributed by atoms with Crippen LogP contribution in [0.1, 0.15) is 27.7 Å². The van der Waals surface area contributed by atoms with Crippen molar-refractivity contribution in [3.8, 4) is 0 Å². The molecule has 0 aliphatic carbocycles. The highest BCUT2D eigenvalue weighted by molar-refractivity contribution is 5.80. The smallest absolute Gasteiger partial charge is 0.328 e. The van der Waals surface area contributed by atoms with E-state index in [1.165, 1.54) is 5.57 Å². The number of allylic oxidation sites excluding steroid dienone is 3. The van der Waals surface area contributed by atoms with Gasteiger partial charge in [-0.25, -0.2) is 4.79 Å². The highest BCUT2D eigenvalue weighted by atomic mass is 16.4. The molecule has 0 saturated heterocycles. The molecule has 0 atom stereocenters. The summed E-state index contributed by atoms with van der Waals surface area (Å²) in [4.78, 5) is 10.1. The van der Waals surface area contributed by atoms with Crippen molar-refractivity contribution >= 4 is 5.97 Å². The third-order valence-corrected chi connectivity index (χ3v) is 1.77. The Bertz CT molecular complexity index is 216. The fourth-order valence-electron chi connectivity index (χ4n) is 0.525. The Morgan fingerprint density at radius 1 is 1.33 bits per heavy atom. The number of carbonyl (C=O) groups is 1. The molecule has 1 N–H and O–H groups in total. The van der Waals surface area contributed by atoms with Gasteiger partial charge < -0.3 is 5.11 Å². The van der Waals surface area contributed by atoms with Crippen molar-refractivity contribution in [2.24, 2.45) is 5.41 Å². The van der Waals surface area contributed by atoms with Gasteiger partial charge in [0.1, 0.15) is 0 Å². The summed E-state index contributed by atoms with van der Waals surface area (Å²) in [5.74, 6) is -0.909. The molecule has 0 heterocycles. The Morgan fingerprint density at radius 2 is 1.83 bits per heavy atom. The van der Waals surface area contributed by atoms with Crippen LogP contribution in [0.5, 0.6) is 0 Å². The zero-order valence-corrected chi connectivity index (χ0v) is 8.09. The van der Waals surface area contributed by atoms with Crippen LogP contribution >= 0.6 is 0 Å². The molecule has 2 nitrogen and oxygen atoms in total. The van der Waals surface area contributed by atoms with E-state index < -0.39 is 5.97 Å². The van der Waals surface area contributed by atoms with E-state index in [9.17, 15) is 4.79 Å². The van der Waals surface area contributed by atoms with Gasteiger partial charge in [-0.1, -0.05) is 38.5 Å². The van der Waals surface area contributed by atoms with Crippen LogP contribution in [0.15, 0.2) is 23.8 Å². The molecule has 0 aromatic heterocycles. The third kappa shape index (κ3) is 4.72. The molecule has 0 saturated carbocycles. The highest BCUT2D eigenvalue weighted by Gasteiger charge is 2.10. The monoisotopic (exact) mass is 168 g/mol. The molecule has 12 heavy (non-hydrogen) atoms. The van der Waals surface area contributed by atoms with E-state index in [0.717, 1.165) is 6.08 Å². The second-order valence-corrected chi connectivity index (χ2v) is 3.80. The average molecular weight is 168 g/mol. The lowest BCUT2D eigenvalue weighted by Crippen LogP contribution is -2.05. The van der Waals surface area contributed by atoms with E-state index >= 15 is 0 Å². The first kappa shape index (κ1) is 11.0. The number of aliphatic carboxylic acids is 1. The van der Waals surface area contributed by atoms with E-state index in [-0.39, 0.29) is 5.41 Å². The minimum Gasteiger partial charge on any atom is -0.478 e. The number of carboxylic acid groups (broad SMARTS) is 1. The van der Waals surface area contributed by atoms with Crippen LogP contribution in [0.2, 0.25) is 0 Å². The van der Waals surface area contributed by atoms with Crippen molar-refractivity contribution in [1.29, 1.82) is 0 Å². The average Bonchev–Trinajstić information content (AvgIpc) is 1.84. The molecule has 0 amide bonds. The van der Waals surface area contributed by atoms with Gasteiger partial charge in [0.05, 0.1) is 0 Å². The van der Waals surface area contributed by atoms with E-state index in [2.05, 4.69) is 20.8 Å². The third-order valence-electron chi connectivity index (χ3n) is 1.77. The SMILES string of the molecule is C/C(=C\C=C\C(=O)O)C(C)(C)C. The molecule has 0 spiro atoms. The van der Waals surface area contributed by atoms with Gasteiger partial charge in [-0.3, -0.25) is 0 Å². The summed E-state index contributed by atoms with van der Waals surface area (Å²) in [6, 6.07) is 0. The lowest BCUT2D eigenvalue weighted by molar-refractivity contribution is -0.131. The Morgan fingerprint density at radius 3 is 2.17 bits per heavy atom. The summed E-state index contributed by atoms with van der Waals surface area (Å²) in [5.41, 5.74) is 1.28. The summed E-state index contributed by atoms with van der Waals surface area (Å²) in [6.45, 7) is 8.26. The van der Waals surface area contributed by atoms with Gasteiger partial charge in [0.15, 0.2) is 0 Å². The van der Waals surface area contributed by atoms with E-state index in [4.69, 9.17) is 5.11 Å². The van der Waals surface area contributed by atoms with Gasteiger partial charge in [-0.15, -0.1) is 0 Å². The van der Waals surface area contributed by atoms with Gasteiger partial charge in [-0.2, -0.15) is 0 Å². The van der Waals surface area contributed by atoms with Gasteiger partial charge in [0.2, 0.25) is 0 Å². The lowest BCUT2D eigenvalue weighted by Gasteiger charge is -2.18. The number of rotatable bonds is 2. The quantitative estimate of drug-likeness (QED) is 0.508. The van der Waals surface area contributed by atoms with Crippen LogP contribution in [0, 0.1) is 5.41 Å². The predicted octanol–water partition coefficient (Wildman–Crippen LogP) is 2.62. The second-order valence-electron chi connectivity index (χ2n) is 3.80. The van der Waals surface area contributed by atoms with Crippen LogP contribution in [-0.2, 0) is 4.79 Å². The Balaban J connectivity index is 4.29. The van der Waals surface area contributed by atoms with Crippen molar-refractivity contribution in [2.45, 2.75) is 27.7 Å². The molecule has 0 aliphatic rings. The summed E-state index contributed by atoms with van der Waals surface area (Å²) in [5, 5.41) is 8.31. The number of hydrogen-bond donors (Lipinski definition) is 1. The minimum atomic E-state index is -0.909.